The molecule has 2 N–H and O–H groups in total. The molecule has 1 amide bonds. The van der Waals surface area contributed by atoms with Gasteiger partial charge >= 0.3 is 6.09 Å². The summed E-state index contributed by atoms with van der Waals surface area (Å²) in [7, 11) is -3.90. The van der Waals surface area contributed by atoms with Crippen LogP contribution in [0.2, 0.25) is 0 Å². The number of piperidine rings is 1. The predicted molar refractivity (Wildman–Crippen MR) is 115 cm³/mol. The first kappa shape index (κ1) is 23.6. The van der Waals surface area contributed by atoms with Crippen molar-refractivity contribution < 1.29 is 27.1 Å². The van der Waals surface area contributed by atoms with Crippen LogP contribution in [0.1, 0.15) is 19.8 Å². The molecule has 1 aromatic carbocycles. The maximum absolute atomic E-state index is 14.4. The van der Waals surface area contributed by atoms with E-state index in [0.717, 1.165) is 25.2 Å². The third kappa shape index (κ3) is 5.61. The van der Waals surface area contributed by atoms with Gasteiger partial charge in [-0.05, 0) is 31.7 Å². The highest BCUT2D eigenvalue weighted by molar-refractivity contribution is 7.90. The summed E-state index contributed by atoms with van der Waals surface area (Å²) in [5, 5.41) is 11.8. The molecule has 0 spiro atoms. The molecule has 0 bridgehead atoms. The average Bonchev–Trinajstić information content (AvgIpc) is 2.74. The summed E-state index contributed by atoms with van der Waals surface area (Å²) in [4.78, 5) is 22.1. The number of aromatic nitrogens is 2. The van der Waals surface area contributed by atoms with Gasteiger partial charge in [-0.2, -0.15) is 0 Å². The van der Waals surface area contributed by atoms with E-state index < -0.39 is 32.5 Å². The molecule has 174 valence electrons. The molecule has 0 saturated carbocycles. The maximum atomic E-state index is 14.4. The van der Waals surface area contributed by atoms with Crippen LogP contribution in [0.4, 0.5) is 30.9 Å². The van der Waals surface area contributed by atoms with Gasteiger partial charge < -0.3 is 20.2 Å². The normalized spacial score (nSPS) is 14.9. The number of hydrogen-bond acceptors (Lipinski definition) is 7. The van der Waals surface area contributed by atoms with Crippen LogP contribution >= 0.6 is 0 Å². The summed E-state index contributed by atoms with van der Waals surface area (Å²) in [5.41, 5.74) is -0.247. The number of anilines is 3. The van der Waals surface area contributed by atoms with Crippen molar-refractivity contribution in [2.24, 2.45) is 5.92 Å². The minimum Gasteiger partial charge on any atom is -0.465 e. The lowest BCUT2D eigenvalue weighted by atomic mass is 9.96. The van der Waals surface area contributed by atoms with E-state index in [1.807, 2.05) is 11.8 Å². The Morgan fingerprint density at radius 3 is 2.50 bits per heavy atom. The Kier molecular flexibility index (Phi) is 7.12. The highest BCUT2D eigenvalue weighted by Gasteiger charge is 2.24. The third-order valence-electron chi connectivity index (χ3n) is 5.41. The van der Waals surface area contributed by atoms with Gasteiger partial charge in [-0.15, -0.1) is 0 Å². The summed E-state index contributed by atoms with van der Waals surface area (Å²) in [6.45, 7) is 4.25. The average molecular weight is 470 g/mol. The van der Waals surface area contributed by atoms with Crippen LogP contribution in [0.15, 0.2) is 29.4 Å². The summed E-state index contributed by atoms with van der Waals surface area (Å²) < 4.78 is 51.7. The molecule has 2 aromatic rings. The van der Waals surface area contributed by atoms with E-state index >= 15 is 0 Å². The fourth-order valence-corrected chi connectivity index (χ4v) is 4.37. The van der Waals surface area contributed by atoms with Gasteiger partial charge in [-0.3, -0.25) is 0 Å². The molecule has 0 aliphatic carbocycles. The zero-order valence-electron chi connectivity index (χ0n) is 17.8. The van der Waals surface area contributed by atoms with Crippen LogP contribution in [0.25, 0.3) is 0 Å². The number of benzene rings is 1. The molecule has 3 rings (SSSR count). The summed E-state index contributed by atoms with van der Waals surface area (Å²) in [6, 6.07) is 3.01. The molecule has 1 saturated heterocycles. The monoisotopic (exact) mass is 469 g/mol. The largest absolute Gasteiger partial charge is 0.465 e. The number of carbonyl (C=O) groups is 1. The van der Waals surface area contributed by atoms with Gasteiger partial charge in [0.05, 0.1) is 5.69 Å². The lowest BCUT2D eigenvalue weighted by molar-refractivity contribution is 0.125. The molecule has 1 fully saturated rings. The smallest absolute Gasteiger partial charge is 0.407 e. The number of amides is 1. The summed E-state index contributed by atoms with van der Waals surface area (Å²) in [6.07, 6.45) is 2.69. The molecule has 9 nitrogen and oxygen atoms in total. The molecule has 32 heavy (non-hydrogen) atoms. The van der Waals surface area contributed by atoms with Gasteiger partial charge in [-0.25, -0.2) is 32.0 Å². The van der Waals surface area contributed by atoms with Crippen LogP contribution < -0.4 is 10.2 Å². The molecule has 0 atom stereocenters. The fourth-order valence-electron chi connectivity index (χ4n) is 3.64. The Morgan fingerprint density at radius 1 is 1.22 bits per heavy atom. The first-order chi connectivity index (χ1) is 15.1. The van der Waals surface area contributed by atoms with Gasteiger partial charge in [0.1, 0.15) is 34.5 Å². The number of rotatable bonds is 7. The van der Waals surface area contributed by atoms with Crippen molar-refractivity contribution in [3.63, 3.8) is 0 Å². The van der Waals surface area contributed by atoms with Crippen LogP contribution in [0.5, 0.6) is 0 Å². The van der Waals surface area contributed by atoms with Gasteiger partial charge in [0, 0.05) is 44.6 Å². The summed E-state index contributed by atoms with van der Waals surface area (Å²) >= 11 is 0. The van der Waals surface area contributed by atoms with E-state index in [1.165, 1.54) is 11.2 Å². The number of likely N-dealkylation sites (tertiary alicyclic amines) is 1. The Balaban J connectivity index is 1.73. The maximum Gasteiger partial charge on any atom is 0.407 e. The molecule has 1 aliphatic rings. The van der Waals surface area contributed by atoms with Crippen molar-refractivity contribution in [3.8, 4) is 0 Å². The molecular weight excluding hydrogens is 444 g/mol. The molecule has 1 aliphatic heterocycles. The van der Waals surface area contributed by atoms with Crippen LogP contribution in [-0.4, -0.2) is 66.9 Å². The number of nitrogens with zero attached hydrogens (tertiary/aromatic N) is 4. The zero-order valence-corrected chi connectivity index (χ0v) is 18.6. The Bertz CT molecular complexity index is 1090. The molecule has 12 heteroatoms. The number of nitrogens with one attached hydrogen (secondary N) is 1. The van der Waals surface area contributed by atoms with Gasteiger partial charge in [0.2, 0.25) is 0 Å². The number of hydrogen-bond donors (Lipinski definition) is 2. The standard InChI is InChI=1S/C20H25F2N5O4S/c1-3-26(11-13-4-6-27(7-5-13)20(28)29)19-10-18(23-12-24-19)25-16-8-15(22)17(9-14(16)21)32(2,30)31/h8-10,12-13H,3-7,11H2,1-2H3,(H,28,29)(H,23,24,25). The van der Waals surface area contributed by atoms with Crippen molar-refractivity contribution in [2.45, 2.75) is 24.7 Å². The lowest BCUT2D eigenvalue weighted by Gasteiger charge is -2.33. The Morgan fingerprint density at radius 2 is 1.91 bits per heavy atom. The number of sulfone groups is 1. The minimum absolute atomic E-state index is 0.222. The van der Waals surface area contributed by atoms with Crippen molar-refractivity contribution in [2.75, 3.05) is 42.7 Å². The third-order valence-corrected chi connectivity index (χ3v) is 6.52. The Hall–Kier alpha value is -3.02. The molecule has 1 aromatic heterocycles. The van der Waals surface area contributed by atoms with E-state index in [4.69, 9.17) is 5.11 Å². The number of halogens is 2. The second-order valence-corrected chi connectivity index (χ2v) is 9.66. The van der Waals surface area contributed by atoms with E-state index in [0.29, 0.717) is 44.0 Å². The molecule has 2 heterocycles. The van der Waals surface area contributed by atoms with E-state index in [1.54, 1.807) is 6.07 Å². The van der Waals surface area contributed by atoms with E-state index in [2.05, 4.69) is 15.3 Å². The SMILES string of the molecule is CCN(CC1CCN(C(=O)O)CC1)c1cc(Nc2cc(F)c(S(C)(=O)=O)cc2F)ncn1. The summed E-state index contributed by atoms with van der Waals surface area (Å²) in [5.74, 6) is -0.885. The van der Waals surface area contributed by atoms with Gasteiger partial charge in [0.25, 0.3) is 0 Å². The van der Waals surface area contributed by atoms with Gasteiger partial charge in [-0.1, -0.05) is 0 Å². The van der Waals surface area contributed by atoms with E-state index in [9.17, 15) is 22.0 Å². The van der Waals surface area contributed by atoms with E-state index in [-0.39, 0.29) is 11.5 Å². The Labute approximate surface area is 185 Å². The molecule has 0 unspecified atom stereocenters. The lowest BCUT2D eigenvalue weighted by Crippen LogP contribution is -2.41. The second kappa shape index (κ2) is 9.63. The number of carboxylic acid groups (broad SMARTS) is 1. The fraction of sp³-hybridized carbons (Fsp3) is 0.450. The highest BCUT2D eigenvalue weighted by Crippen LogP contribution is 2.27. The van der Waals surface area contributed by atoms with Crippen molar-refractivity contribution in [1.29, 1.82) is 0 Å². The zero-order chi connectivity index (χ0) is 23.5. The van der Waals surface area contributed by atoms with Crippen LogP contribution in [-0.2, 0) is 9.84 Å². The van der Waals surface area contributed by atoms with Gasteiger partial charge in [0.15, 0.2) is 9.84 Å². The highest BCUT2D eigenvalue weighted by atomic mass is 32.2. The predicted octanol–water partition coefficient (Wildman–Crippen LogP) is 3.12. The van der Waals surface area contributed by atoms with Crippen LogP contribution in [0, 0.1) is 17.6 Å². The molecular formula is C20H25F2N5O4S. The molecule has 0 radical (unpaired) electrons. The first-order valence-electron chi connectivity index (χ1n) is 10.1. The van der Waals surface area contributed by atoms with Crippen molar-refractivity contribution in [3.05, 3.63) is 36.2 Å². The van der Waals surface area contributed by atoms with Crippen LogP contribution in [0.3, 0.4) is 0 Å². The first-order valence-corrected chi connectivity index (χ1v) is 12.0. The minimum atomic E-state index is -3.90. The second-order valence-electron chi connectivity index (χ2n) is 7.67. The topological polar surface area (TPSA) is 116 Å². The van der Waals surface area contributed by atoms with Crippen molar-refractivity contribution >= 4 is 33.3 Å². The van der Waals surface area contributed by atoms with Crippen molar-refractivity contribution in [1.82, 2.24) is 14.9 Å². The quantitative estimate of drug-likeness (QED) is 0.636.